The number of pyridine rings is 1. The van der Waals surface area contributed by atoms with E-state index in [1.165, 1.54) is 16.5 Å². The molecule has 2 aromatic carbocycles. The van der Waals surface area contributed by atoms with Gasteiger partial charge in [0.05, 0.1) is 11.6 Å². The van der Waals surface area contributed by atoms with Crippen LogP contribution in [-0.2, 0) is 0 Å². The quantitative estimate of drug-likeness (QED) is 0.770. The standard InChI is InChI=1S/C18H18N2/c1-2-19-18(14-8-4-3-5-9-14)16-12-13-20-17-11-7-6-10-15(16)17/h3-13,18-19H,2H2,1H3. The van der Waals surface area contributed by atoms with Crippen molar-refractivity contribution in [3.05, 3.63) is 78.0 Å². The SMILES string of the molecule is CCNC(c1ccccc1)c1ccnc2ccccc12. The number of aromatic nitrogens is 1. The summed E-state index contributed by atoms with van der Waals surface area (Å²) in [6.45, 7) is 3.07. The lowest BCUT2D eigenvalue weighted by Crippen LogP contribution is -2.22. The summed E-state index contributed by atoms with van der Waals surface area (Å²) in [6.07, 6.45) is 1.89. The molecular weight excluding hydrogens is 244 g/mol. The molecule has 3 aromatic rings. The highest BCUT2D eigenvalue weighted by atomic mass is 14.9. The predicted molar refractivity (Wildman–Crippen MR) is 83.7 cm³/mol. The monoisotopic (exact) mass is 262 g/mol. The Morgan fingerprint density at radius 2 is 1.70 bits per heavy atom. The van der Waals surface area contributed by atoms with Crippen molar-refractivity contribution in [2.75, 3.05) is 6.54 Å². The lowest BCUT2D eigenvalue weighted by molar-refractivity contribution is 0.634. The molecule has 0 fully saturated rings. The zero-order valence-corrected chi connectivity index (χ0v) is 11.6. The molecule has 0 radical (unpaired) electrons. The molecular formula is C18H18N2. The van der Waals surface area contributed by atoms with E-state index in [9.17, 15) is 0 Å². The summed E-state index contributed by atoms with van der Waals surface area (Å²) in [4.78, 5) is 4.45. The van der Waals surface area contributed by atoms with E-state index in [2.05, 4.69) is 71.8 Å². The fraction of sp³-hybridized carbons (Fsp3) is 0.167. The Labute approximate surface area is 119 Å². The van der Waals surface area contributed by atoms with Gasteiger partial charge in [-0.25, -0.2) is 0 Å². The molecule has 2 nitrogen and oxygen atoms in total. The minimum atomic E-state index is 0.203. The van der Waals surface area contributed by atoms with Crippen molar-refractivity contribution in [3.8, 4) is 0 Å². The Hall–Kier alpha value is -2.19. The second-order valence-electron chi connectivity index (χ2n) is 4.82. The van der Waals surface area contributed by atoms with E-state index in [4.69, 9.17) is 0 Å². The fourth-order valence-electron chi connectivity index (χ4n) is 2.63. The first-order valence-corrected chi connectivity index (χ1v) is 7.02. The average molecular weight is 262 g/mol. The number of nitrogens with one attached hydrogen (secondary N) is 1. The van der Waals surface area contributed by atoms with Gasteiger partial charge in [-0.05, 0) is 29.8 Å². The van der Waals surface area contributed by atoms with Gasteiger partial charge >= 0.3 is 0 Å². The molecule has 1 unspecified atom stereocenters. The normalized spacial score (nSPS) is 12.4. The van der Waals surface area contributed by atoms with Gasteiger partial charge in [0.1, 0.15) is 0 Å². The number of hydrogen-bond acceptors (Lipinski definition) is 2. The zero-order chi connectivity index (χ0) is 13.8. The maximum Gasteiger partial charge on any atom is 0.0705 e. The van der Waals surface area contributed by atoms with Gasteiger partial charge in [-0.2, -0.15) is 0 Å². The van der Waals surface area contributed by atoms with Crippen molar-refractivity contribution in [3.63, 3.8) is 0 Å². The third-order valence-electron chi connectivity index (χ3n) is 3.53. The minimum absolute atomic E-state index is 0.203. The number of hydrogen-bond donors (Lipinski definition) is 1. The Kier molecular flexibility index (Phi) is 3.75. The van der Waals surface area contributed by atoms with Gasteiger partial charge in [0.25, 0.3) is 0 Å². The summed E-state index contributed by atoms with van der Waals surface area (Å²) in [5.74, 6) is 0. The Balaban J connectivity index is 2.15. The van der Waals surface area contributed by atoms with Crippen LogP contribution in [0, 0.1) is 0 Å². The van der Waals surface area contributed by atoms with E-state index in [0.29, 0.717) is 0 Å². The molecule has 0 spiro atoms. The summed E-state index contributed by atoms with van der Waals surface area (Å²) < 4.78 is 0. The van der Waals surface area contributed by atoms with E-state index < -0.39 is 0 Å². The summed E-state index contributed by atoms with van der Waals surface area (Å²) in [5, 5.41) is 4.79. The lowest BCUT2D eigenvalue weighted by Gasteiger charge is -2.20. The van der Waals surface area contributed by atoms with E-state index >= 15 is 0 Å². The first-order valence-electron chi connectivity index (χ1n) is 7.02. The molecule has 0 bridgehead atoms. The molecule has 0 saturated heterocycles. The highest BCUT2D eigenvalue weighted by Gasteiger charge is 2.15. The molecule has 1 aromatic heterocycles. The largest absolute Gasteiger partial charge is 0.307 e. The van der Waals surface area contributed by atoms with E-state index in [0.717, 1.165) is 12.1 Å². The highest BCUT2D eigenvalue weighted by molar-refractivity contribution is 5.82. The van der Waals surface area contributed by atoms with Crippen LogP contribution >= 0.6 is 0 Å². The second-order valence-corrected chi connectivity index (χ2v) is 4.82. The van der Waals surface area contributed by atoms with Crippen LogP contribution in [-0.4, -0.2) is 11.5 Å². The molecule has 3 rings (SSSR count). The smallest absolute Gasteiger partial charge is 0.0705 e. The maximum absolute atomic E-state index is 4.45. The molecule has 1 heterocycles. The van der Waals surface area contributed by atoms with Gasteiger partial charge in [-0.15, -0.1) is 0 Å². The van der Waals surface area contributed by atoms with Crippen molar-refractivity contribution < 1.29 is 0 Å². The van der Waals surface area contributed by atoms with Gasteiger partial charge in [0, 0.05) is 11.6 Å². The van der Waals surface area contributed by atoms with Crippen LogP contribution in [0.1, 0.15) is 24.1 Å². The number of para-hydroxylation sites is 1. The molecule has 1 N–H and O–H groups in total. The average Bonchev–Trinajstić information content (AvgIpc) is 2.53. The van der Waals surface area contributed by atoms with Crippen LogP contribution < -0.4 is 5.32 Å². The maximum atomic E-state index is 4.45. The third-order valence-corrected chi connectivity index (χ3v) is 3.53. The molecule has 0 aliphatic rings. The molecule has 1 atom stereocenters. The molecule has 0 saturated carbocycles. The lowest BCUT2D eigenvalue weighted by atomic mass is 9.96. The van der Waals surface area contributed by atoms with Crippen LogP contribution in [0.2, 0.25) is 0 Å². The van der Waals surface area contributed by atoms with Crippen LogP contribution in [0.15, 0.2) is 66.9 Å². The minimum Gasteiger partial charge on any atom is -0.307 e. The van der Waals surface area contributed by atoms with Crippen molar-refractivity contribution >= 4 is 10.9 Å². The molecule has 20 heavy (non-hydrogen) atoms. The number of fused-ring (bicyclic) bond motifs is 1. The van der Waals surface area contributed by atoms with Gasteiger partial charge in [-0.1, -0.05) is 55.5 Å². The Bertz CT molecular complexity index is 687. The molecule has 0 aliphatic carbocycles. The third kappa shape index (κ3) is 2.43. The summed E-state index contributed by atoms with van der Waals surface area (Å²) in [6, 6.07) is 21.2. The van der Waals surface area contributed by atoms with E-state index in [1.807, 2.05) is 12.3 Å². The van der Waals surface area contributed by atoms with Crippen molar-refractivity contribution in [2.24, 2.45) is 0 Å². The summed E-state index contributed by atoms with van der Waals surface area (Å²) in [5.41, 5.74) is 3.61. The second kappa shape index (κ2) is 5.85. The van der Waals surface area contributed by atoms with E-state index in [-0.39, 0.29) is 6.04 Å². The predicted octanol–water partition coefficient (Wildman–Crippen LogP) is 3.93. The van der Waals surface area contributed by atoms with Crippen molar-refractivity contribution in [1.29, 1.82) is 0 Å². The van der Waals surface area contributed by atoms with Gasteiger partial charge in [-0.3, -0.25) is 4.98 Å². The van der Waals surface area contributed by atoms with Crippen LogP contribution in [0.3, 0.4) is 0 Å². The number of rotatable bonds is 4. The molecule has 0 aliphatic heterocycles. The molecule has 2 heteroatoms. The van der Waals surface area contributed by atoms with Crippen molar-refractivity contribution in [2.45, 2.75) is 13.0 Å². The summed E-state index contributed by atoms with van der Waals surface area (Å²) >= 11 is 0. The van der Waals surface area contributed by atoms with Gasteiger partial charge in [0.2, 0.25) is 0 Å². The first kappa shape index (κ1) is 12.8. The van der Waals surface area contributed by atoms with Crippen LogP contribution in [0.4, 0.5) is 0 Å². The summed E-state index contributed by atoms with van der Waals surface area (Å²) in [7, 11) is 0. The topological polar surface area (TPSA) is 24.9 Å². The van der Waals surface area contributed by atoms with Gasteiger partial charge in [0.15, 0.2) is 0 Å². The molecule has 100 valence electrons. The highest BCUT2D eigenvalue weighted by Crippen LogP contribution is 2.27. The zero-order valence-electron chi connectivity index (χ0n) is 11.6. The Morgan fingerprint density at radius 1 is 0.950 bits per heavy atom. The van der Waals surface area contributed by atoms with Crippen molar-refractivity contribution in [1.82, 2.24) is 10.3 Å². The Morgan fingerprint density at radius 3 is 2.50 bits per heavy atom. The number of nitrogens with zero attached hydrogens (tertiary/aromatic N) is 1. The number of benzene rings is 2. The first-order chi connectivity index (χ1) is 9.90. The van der Waals surface area contributed by atoms with Gasteiger partial charge < -0.3 is 5.32 Å². The molecule has 0 amide bonds. The van der Waals surface area contributed by atoms with Crippen LogP contribution in [0.25, 0.3) is 10.9 Å². The van der Waals surface area contributed by atoms with E-state index in [1.54, 1.807) is 0 Å². The fourth-order valence-corrected chi connectivity index (χ4v) is 2.63. The van der Waals surface area contributed by atoms with Crippen LogP contribution in [0.5, 0.6) is 0 Å².